The van der Waals surface area contributed by atoms with Gasteiger partial charge in [-0.25, -0.2) is 4.79 Å². The summed E-state index contributed by atoms with van der Waals surface area (Å²) in [6.45, 7) is 10.4. The Bertz CT molecular complexity index is 848. The number of thioether (sulfide) groups is 1. The fourth-order valence-corrected chi connectivity index (χ4v) is 4.99. The Morgan fingerprint density at radius 2 is 2.04 bits per heavy atom. The topological polar surface area (TPSA) is 34.5 Å². The predicted molar refractivity (Wildman–Crippen MR) is 102 cm³/mol. The van der Waals surface area contributed by atoms with E-state index in [-0.39, 0.29) is 6.09 Å². The van der Waals surface area contributed by atoms with Gasteiger partial charge in [0.15, 0.2) is 0 Å². The highest BCUT2D eigenvalue weighted by Crippen LogP contribution is 2.40. The molecule has 4 nitrogen and oxygen atoms in total. The Kier molecular flexibility index (Phi) is 4.02. The van der Waals surface area contributed by atoms with Gasteiger partial charge in [-0.05, 0) is 51.5 Å². The van der Waals surface area contributed by atoms with Crippen LogP contribution in [0.1, 0.15) is 44.0 Å². The Labute approximate surface area is 153 Å². The molecule has 0 spiro atoms. The Balaban J connectivity index is 1.78. The van der Waals surface area contributed by atoms with Crippen LogP contribution in [-0.2, 0) is 24.2 Å². The third kappa shape index (κ3) is 2.92. The molecule has 1 amide bonds. The van der Waals surface area contributed by atoms with Gasteiger partial charge in [-0.3, -0.25) is 0 Å². The molecule has 0 aliphatic carbocycles. The maximum Gasteiger partial charge on any atom is 0.410 e. The summed E-state index contributed by atoms with van der Waals surface area (Å²) in [6, 6.07) is 4.49. The highest BCUT2D eigenvalue weighted by Gasteiger charge is 2.31. The Morgan fingerprint density at radius 3 is 2.80 bits per heavy atom. The van der Waals surface area contributed by atoms with E-state index in [0.717, 1.165) is 19.5 Å². The molecule has 0 bridgehead atoms. The molecule has 0 fully saturated rings. The van der Waals surface area contributed by atoms with Crippen molar-refractivity contribution < 1.29 is 9.53 Å². The summed E-state index contributed by atoms with van der Waals surface area (Å²) in [5, 5.41) is 1.36. The molecule has 1 aromatic heterocycles. The van der Waals surface area contributed by atoms with Gasteiger partial charge in [0.1, 0.15) is 5.60 Å². The quantitative estimate of drug-likeness (QED) is 0.682. The first-order valence-corrected chi connectivity index (χ1v) is 10.1. The molecule has 0 saturated heterocycles. The lowest BCUT2D eigenvalue weighted by atomic mass is 10.0. The van der Waals surface area contributed by atoms with Crippen molar-refractivity contribution in [2.24, 2.45) is 0 Å². The van der Waals surface area contributed by atoms with Gasteiger partial charge in [-0.1, -0.05) is 6.07 Å². The van der Waals surface area contributed by atoms with Gasteiger partial charge < -0.3 is 14.2 Å². The number of aromatic nitrogens is 1. The van der Waals surface area contributed by atoms with Crippen LogP contribution in [0.3, 0.4) is 0 Å². The van der Waals surface area contributed by atoms with Gasteiger partial charge in [0.25, 0.3) is 0 Å². The van der Waals surface area contributed by atoms with Crippen LogP contribution in [0.5, 0.6) is 0 Å². The van der Waals surface area contributed by atoms with Gasteiger partial charge in [0.05, 0.1) is 12.1 Å². The van der Waals surface area contributed by atoms with E-state index in [1.807, 2.05) is 37.4 Å². The van der Waals surface area contributed by atoms with Crippen molar-refractivity contribution in [2.45, 2.75) is 64.1 Å². The van der Waals surface area contributed by atoms with E-state index in [9.17, 15) is 4.79 Å². The second kappa shape index (κ2) is 5.97. The van der Waals surface area contributed by atoms with Crippen LogP contribution in [0.2, 0.25) is 0 Å². The molecule has 0 N–H and O–H groups in total. The minimum absolute atomic E-state index is 0.200. The van der Waals surface area contributed by atoms with E-state index in [2.05, 4.69) is 23.6 Å². The van der Waals surface area contributed by atoms with Crippen LogP contribution in [0, 0.1) is 6.92 Å². The van der Waals surface area contributed by atoms with Crippen molar-refractivity contribution in [2.75, 3.05) is 12.3 Å². The lowest BCUT2D eigenvalue weighted by Crippen LogP contribution is -2.40. The van der Waals surface area contributed by atoms with E-state index in [1.54, 1.807) is 0 Å². The molecule has 2 aliphatic rings. The van der Waals surface area contributed by atoms with Crippen LogP contribution in [0.4, 0.5) is 4.79 Å². The fourth-order valence-electron chi connectivity index (χ4n) is 3.98. The van der Waals surface area contributed by atoms with Crippen molar-refractivity contribution in [3.63, 3.8) is 0 Å². The molecule has 0 unspecified atom stereocenters. The Morgan fingerprint density at radius 1 is 1.24 bits per heavy atom. The highest BCUT2D eigenvalue weighted by molar-refractivity contribution is 7.99. The summed E-state index contributed by atoms with van der Waals surface area (Å²) in [5.74, 6) is 1.18. The number of fused-ring (bicyclic) bond motifs is 3. The molecule has 1 aromatic carbocycles. The molecule has 0 saturated carbocycles. The van der Waals surface area contributed by atoms with Gasteiger partial charge in [-0.15, -0.1) is 11.8 Å². The maximum atomic E-state index is 12.5. The summed E-state index contributed by atoms with van der Waals surface area (Å²) in [4.78, 5) is 15.8. The fraction of sp³-hybridized carbons (Fsp3) is 0.550. The summed E-state index contributed by atoms with van der Waals surface area (Å²) in [6.07, 6.45) is 1.91. The van der Waals surface area contributed by atoms with Crippen molar-refractivity contribution in [1.82, 2.24) is 9.47 Å². The zero-order valence-corrected chi connectivity index (χ0v) is 16.3. The number of rotatable bonds is 0. The molecular formula is C20H26N2O2S. The number of carbonyl (C=O) groups excluding carboxylic acids is 1. The number of aryl methyl sites for hydroxylation is 2. The lowest BCUT2D eigenvalue weighted by molar-refractivity contribution is 0.0223. The first-order chi connectivity index (χ1) is 11.8. The standard InChI is InChI=1S/C20H26N2O2S/c1-13-6-7-16-18-17(13)14-12-21(19(23)24-20(2,3)4)10-8-15(14)22(18)9-5-11-25-16/h6-7H,5,8-12H2,1-4H3. The number of amides is 1. The van der Waals surface area contributed by atoms with Gasteiger partial charge in [0.2, 0.25) is 0 Å². The molecule has 25 heavy (non-hydrogen) atoms. The Hall–Kier alpha value is -1.62. The lowest BCUT2D eigenvalue weighted by Gasteiger charge is -2.31. The number of carbonyl (C=O) groups is 1. The smallest absolute Gasteiger partial charge is 0.410 e. The third-order valence-electron chi connectivity index (χ3n) is 5.00. The largest absolute Gasteiger partial charge is 0.444 e. The van der Waals surface area contributed by atoms with Crippen LogP contribution >= 0.6 is 11.8 Å². The molecule has 5 heteroatoms. The zero-order valence-electron chi connectivity index (χ0n) is 15.5. The molecule has 0 radical (unpaired) electrons. The summed E-state index contributed by atoms with van der Waals surface area (Å²) < 4.78 is 8.13. The van der Waals surface area contributed by atoms with E-state index in [1.165, 1.54) is 44.8 Å². The molecular weight excluding hydrogens is 332 g/mol. The molecule has 4 rings (SSSR count). The number of hydrogen-bond acceptors (Lipinski definition) is 3. The second-order valence-corrected chi connectivity index (χ2v) is 9.17. The molecule has 134 valence electrons. The number of nitrogens with zero attached hydrogens (tertiary/aromatic N) is 2. The molecule has 3 heterocycles. The van der Waals surface area contributed by atoms with E-state index in [0.29, 0.717) is 6.54 Å². The molecule has 2 aromatic rings. The SMILES string of the molecule is Cc1ccc2c3c1c1c(n3CCCS2)CCN(C(=O)OC(C)(C)C)C1. The van der Waals surface area contributed by atoms with Crippen LogP contribution in [0.15, 0.2) is 17.0 Å². The highest BCUT2D eigenvalue weighted by atomic mass is 32.2. The van der Waals surface area contributed by atoms with E-state index in [4.69, 9.17) is 4.74 Å². The molecule has 0 atom stereocenters. The number of ether oxygens (including phenoxy) is 1. The monoisotopic (exact) mass is 358 g/mol. The first kappa shape index (κ1) is 16.8. The average Bonchev–Trinajstić information content (AvgIpc) is 2.71. The minimum Gasteiger partial charge on any atom is -0.444 e. The van der Waals surface area contributed by atoms with Crippen molar-refractivity contribution in [3.8, 4) is 0 Å². The van der Waals surface area contributed by atoms with Crippen molar-refractivity contribution in [1.29, 1.82) is 0 Å². The van der Waals surface area contributed by atoms with Gasteiger partial charge in [0, 0.05) is 41.0 Å². The first-order valence-electron chi connectivity index (χ1n) is 9.09. The maximum absolute atomic E-state index is 12.5. The number of benzene rings is 1. The zero-order chi connectivity index (χ0) is 17.8. The molecule has 2 aliphatic heterocycles. The summed E-state index contributed by atoms with van der Waals surface area (Å²) in [5.41, 5.74) is 4.99. The van der Waals surface area contributed by atoms with Crippen molar-refractivity contribution in [3.05, 3.63) is 29.0 Å². The van der Waals surface area contributed by atoms with Gasteiger partial charge in [-0.2, -0.15) is 0 Å². The van der Waals surface area contributed by atoms with Crippen LogP contribution in [-0.4, -0.2) is 33.5 Å². The van der Waals surface area contributed by atoms with Crippen molar-refractivity contribution >= 4 is 28.8 Å². The minimum atomic E-state index is -0.452. The van der Waals surface area contributed by atoms with Crippen LogP contribution in [0.25, 0.3) is 10.9 Å². The number of hydrogen-bond donors (Lipinski definition) is 0. The van der Waals surface area contributed by atoms with Gasteiger partial charge >= 0.3 is 6.09 Å². The average molecular weight is 359 g/mol. The van der Waals surface area contributed by atoms with E-state index >= 15 is 0 Å². The summed E-state index contributed by atoms with van der Waals surface area (Å²) in [7, 11) is 0. The second-order valence-electron chi connectivity index (χ2n) is 8.04. The van der Waals surface area contributed by atoms with E-state index < -0.39 is 5.60 Å². The van der Waals surface area contributed by atoms with Crippen LogP contribution < -0.4 is 0 Å². The third-order valence-corrected chi connectivity index (χ3v) is 6.13. The normalized spacial score (nSPS) is 17.4. The predicted octanol–water partition coefficient (Wildman–Crippen LogP) is 4.74. The summed E-state index contributed by atoms with van der Waals surface area (Å²) >= 11 is 1.96.